The van der Waals surface area contributed by atoms with Crippen molar-refractivity contribution in [1.82, 2.24) is 0 Å². The highest BCUT2D eigenvalue weighted by Crippen LogP contribution is 2.43. The van der Waals surface area contributed by atoms with E-state index in [0.717, 1.165) is 17.7 Å². The molecule has 2 aromatic rings. The predicted octanol–water partition coefficient (Wildman–Crippen LogP) is 4.34. The second-order valence-corrected chi connectivity index (χ2v) is 5.45. The summed E-state index contributed by atoms with van der Waals surface area (Å²) in [5, 5.41) is 9.47. The summed E-state index contributed by atoms with van der Waals surface area (Å²) >= 11 is 0. The zero-order valence-corrected chi connectivity index (χ0v) is 12.8. The van der Waals surface area contributed by atoms with Crippen LogP contribution in [0, 0.1) is 0 Å². The Bertz CT molecular complexity index is 657. The standard InChI is InChI=1S/C17H16F5NO/c1-23(11-12-5-3-2-4-6-12)14-9-7-13(8-10-14)16(24,15(18)19)17(20,21)22/h2-10,15,24H,11H2,1H3. The normalized spacial score (nSPS) is 14.5. The van der Waals surface area contributed by atoms with E-state index in [1.807, 2.05) is 30.3 Å². The molecule has 2 nitrogen and oxygen atoms in total. The number of hydrogen-bond donors (Lipinski definition) is 1. The molecule has 0 saturated carbocycles. The minimum atomic E-state index is -5.47. The van der Waals surface area contributed by atoms with E-state index in [2.05, 4.69) is 0 Å². The summed E-state index contributed by atoms with van der Waals surface area (Å²) in [6, 6.07) is 13.7. The van der Waals surface area contributed by atoms with Crippen molar-refractivity contribution in [3.63, 3.8) is 0 Å². The third kappa shape index (κ3) is 3.51. The molecule has 2 aromatic carbocycles. The van der Waals surface area contributed by atoms with Gasteiger partial charge in [-0.3, -0.25) is 0 Å². The molecule has 1 N–H and O–H groups in total. The molecule has 0 heterocycles. The lowest BCUT2D eigenvalue weighted by Crippen LogP contribution is -2.48. The van der Waals surface area contributed by atoms with Gasteiger partial charge in [0.1, 0.15) is 0 Å². The first-order chi connectivity index (χ1) is 11.2. The van der Waals surface area contributed by atoms with E-state index >= 15 is 0 Å². The van der Waals surface area contributed by atoms with Crippen LogP contribution in [0.25, 0.3) is 0 Å². The molecule has 130 valence electrons. The SMILES string of the molecule is CN(Cc1ccccc1)c1ccc(C(O)(C(F)F)C(F)(F)F)cc1. The fraction of sp³-hybridized carbons (Fsp3) is 0.294. The first kappa shape index (κ1) is 18.2. The fourth-order valence-corrected chi connectivity index (χ4v) is 2.33. The van der Waals surface area contributed by atoms with Gasteiger partial charge in [0.05, 0.1) is 0 Å². The topological polar surface area (TPSA) is 23.5 Å². The third-order valence-electron chi connectivity index (χ3n) is 3.76. The van der Waals surface area contributed by atoms with Crippen LogP contribution in [0.1, 0.15) is 11.1 Å². The van der Waals surface area contributed by atoms with Crippen LogP contribution in [0.2, 0.25) is 0 Å². The van der Waals surface area contributed by atoms with Gasteiger partial charge in [-0.2, -0.15) is 13.2 Å². The highest BCUT2D eigenvalue weighted by molar-refractivity contribution is 5.48. The maximum absolute atomic E-state index is 12.8. The van der Waals surface area contributed by atoms with Crippen molar-refractivity contribution in [3.8, 4) is 0 Å². The maximum atomic E-state index is 12.8. The van der Waals surface area contributed by atoms with Gasteiger partial charge < -0.3 is 10.0 Å². The molecule has 0 radical (unpaired) electrons. The van der Waals surface area contributed by atoms with Crippen LogP contribution in [0.15, 0.2) is 54.6 Å². The van der Waals surface area contributed by atoms with E-state index in [9.17, 15) is 27.1 Å². The molecule has 0 saturated heterocycles. The zero-order valence-electron chi connectivity index (χ0n) is 12.8. The predicted molar refractivity (Wildman–Crippen MR) is 80.9 cm³/mol. The highest BCUT2D eigenvalue weighted by atomic mass is 19.4. The van der Waals surface area contributed by atoms with E-state index in [0.29, 0.717) is 12.2 Å². The molecule has 1 unspecified atom stereocenters. The van der Waals surface area contributed by atoms with Gasteiger partial charge in [-0.15, -0.1) is 0 Å². The third-order valence-corrected chi connectivity index (χ3v) is 3.76. The van der Waals surface area contributed by atoms with Crippen molar-refractivity contribution in [2.75, 3.05) is 11.9 Å². The molecule has 0 aliphatic carbocycles. The van der Waals surface area contributed by atoms with E-state index in [-0.39, 0.29) is 0 Å². The molecule has 2 rings (SSSR count). The Morgan fingerprint density at radius 2 is 1.50 bits per heavy atom. The molecule has 0 bridgehead atoms. The van der Waals surface area contributed by atoms with Gasteiger partial charge in [0.25, 0.3) is 6.43 Å². The summed E-state index contributed by atoms with van der Waals surface area (Å²) in [7, 11) is 1.73. The van der Waals surface area contributed by atoms with Crippen LogP contribution in [-0.2, 0) is 12.1 Å². The molecular weight excluding hydrogens is 329 g/mol. The minimum Gasteiger partial charge on any atom is -0.372 e. The van der Waals surface area contributed by atoms with Gasteiger partial charge in [-0.25, -0.2) is 8.78 Å². The van der Waals surface area contributed by atoms with Crippen molar-refractivity contribution in [2.24, 2.45) is 0 Å². The van der Waals surface area contributed by atoms with Crippen LogP contribution in [0.5, 0.6) is 0 Å². The van der Waals surface area contributed by atoms with Crippen LogP contribution < -0.4 is 4.90 Å². The van der Waals surface area contributed by atoms with Gasteiger partial charge in [0.2, 0.25) is 5.60 Å². The number of hydrogen-bond acceptors (Lipinski definition) is 2. The molecule has 0 aromatic heterocycles. The quantitative estimate of drug-likeness (QED) is 0.815. The first-order valence-corrected chi connectivity index (χ1v) is 7.09. The Kier molecular flexibility index (Phi) is 5.13. The zero-order chi connectivity index (χ0) is 18.0. The Morgan fingerprint density at radius 1 is 0.958 bits per heavy atom. The van der Waals surface area contributed by atoms with Crippen LogP contribution >= 0.6 is 0 Å². The Balaban J connectivity index is 2.23. The first-order valence-electron chi connectivity index (χ1n) is 7.09. The van der Waals surface area contributed by atoms with Gasteiger partial charge >= 0.3 is 6.18 Å². The molecule has 0 fully saturated rings. The molecule has 7 heteroatoms. The average molecular weight is 345 g/mol. The van der Waals surface area contributed by atoms with Crippen molar-refractivity contribution < 1.29 is 27.1 Å². The second kappa shape index (κ2) is 6.76. The Hall–Kier alpha value is -2.15. The monoisotopic (exact) mass is 345 g/mol. The van der Waals surface area contributed by atoms with Crippen molar-refractivity contribution in [1.29, 1.82) is 0 Å². The lowest BCUT2D eigenvalue weighted by Gasteiger charge is -2.30. The van der Waals surface area contributed by atoms with Crippen molar-refractivity contribution in [2.45, 2.75) is 24.7 Å². The summed E-state index contributed by atoms with van der Waals surface area (Å²) in [6.45, 7) is 0.499. The molecule has 1 atom stereocenters. The number of benzene rings is 2. The van der Waals surface area contributed by atoms with E-state index in [4.69, 9.17) is 0 Å². The second-order valence-electron chi connectivity index (χ2n) is 5.45. The summed E-state index contributed by atoms with van der Waals surface area (Å²) in [6.07, 6.45) is -9.45. The number of anilines is 1. The molecule has 0 spiro atoms. The average Bonchev–Trinajstić information content (AvgIpc) is 2.54. The van der Waals surface area contributed by atoms with Crippen LogP contribution in [-0.4, -0.2) is 24.8 Å². The van der Waals surface area contributed by atoms with E-state index in [1.54, 1.807) is 11.9 Å². The summed E-state index contributed by atoms with van der Waals surface area (Å²) in [5.74, 6) is 0. The van der Waals surface area contributed by atoms with Gasteiger partial charge in [0, 0.05) is 19.3 Å². The fourth-order valence-electron chi connectivity index (χ4n) is 2.33. The number of aliphatic hydroxyl groups is 1. The minimum absolute atomic E-state index is 0.499. The number of halogens is 5. The van der Waals surface area contributed by atoms with Crippen LogP contribution in [0.3, 0.4) is 0 Å². The molecule has 24 heavy (non-hydrogen) atoms. The highest BCUT2D eigenvalue weighted by Gasteiger charge is 2.61. The van der Waals surface area contributed by atoms with Gasteiger partial charge in [0.15, 0.2) is 0 Å². The lowest BCUT2D eigenvalue weighted by molar-refractivity contribution is -0.305. The molecule has 0 aliphatic rings. The summed E-state index contributed by atoms with van der Waals surface area (Å²) in [5.41, 5.74) is -3.53. The molecular formula is C17H16F5NO. The van der Waals surface area contributed by atoms with E-state index in [1.165, 1.54) is 12.1 Å². The number of rotatable bonds is 5. The number of alkyl halides is 5. The van der Waals surface area contributed by atoms with E-state index < -0.39 is 23.8 Å². The number of nitrogens with zero attached hydrogens (tertiary/aromatic N) is 1. The van der Waals surface area contributed by atoms with Crippen molar-refractivity contribution in [3.05, 3.63) is 65.7 Å². The maximum Gasteiger partial charge on any atom is 0.427 e. The molecule has 0 amide bonds. The molecule has 0 aliphatic heterocycles. The van der Waals surface area contributed by atoms with Crippen LogP contribution in [0.4, 0.5) is 27.6 Å². The smallest absolute Gasteiger partial charge is 0.372 e. The Labute approximate surface area is 136 Å². The largest absolute Gasteiger partial charge is 0.427 e. The summed E-state index contributed by atoms with van der Waals surface area (Å²) < 4.78 is 64.2. The van der Waals surface area contributed by atoms with Gasteiger partial charge in [-0.05, 0) is 23.3 Å². The lowest BCUT2D eigenvalue weighted by atomic mass is 9.93. The van der Waals surface area contributed by atoms with Gasteiger partial charge in [-0.1, -0.05) is 42.5 Å². The Morgan fingerprint density at radius 3 is 1.96 bits per heavy atom. The summed E-state index contributed by atoms with van der Waals surface area (Å²) in [4.78, 5) is 1.76. The van der Waals surface area contributed by atoms with Crippen molar-refractivity contribution >= 4 is 5.69 Å².